The van der Waals surface area contributed by atoms with E-state index in [2.05, 4.69) is 0 Å². The molecule has 1 aromatic carbocycles. The minimum Gasteiger partial charge on any atom is -0.484 e. The van der Waals surface area contributed by atoms with E-state index in [0.717, 1.165) is 37.2 Å². The van der Waals surface area contributed by atoms with Crippen LogP contribution in [-0.2, 0) is 4.79 Å². The van der Waals surface area contributed by atoms with Crippen molar-refractivity contribution >= 4 is 5.91 Å². The third kappa shape index (κ3) is 3.48. The lowest BCUT2D eigenvalue weighted by Gasteiger charge is -2.26. The maximum Gasteiger partial charge on any atom is 0.260 e. The molecule has 0 radical (unpaired) electrons. The molecule has 1 amide bonds. The summed E-state index contributed by atoms with van der Waals surface area (Å²) in [5.74, 6) is 0.876. The molecule has 0 saturated carbocycles. The Kier molecular flexibility index (Phi) is 4.02. The second-order valence-corrected chi connectivity index (χ2v) is 4.55. The van der Waals surface area contributed by atoms with Crippen LogP contribution >= 0.6 is 0 Å². The highest BCUT2D eigenvalue weighted by Crippen LogP contribution is 2.13. The normalized spacial score (nSPS) is 15.7. The molecule has 1 aromatic rings. The van der Waals surface area contributed by atoms with Crippen LogP contribution in [0.1, 0.15) is 24.8 Å². The topological polar surface area (TPSA) is 29.5 Å². The van der Waals surface area contributed by atoms with Crippen LogP contribution in [0.25, 0.3) is 0 Å². The summed E-state index contributed by atoms with van der Waals surface area (Å²) in [7, 11) is 0. The molecule has 1 saturated heterocycles. The second kappa shape index (κ2) is 5.71. The summed E-state index contributed by atoms with van der Waals surface area (Å²) in [5, 5.41) is 0. The van der Waals surface area contributed by atoms with Gasteiger partial charge in [-0.25, -0.2) is 0 Å². The van der Waals surface area contributed by atoms with Gasteiger partial charge in [0.15, 0.2) is 6.61 Å². The predicted molar refractivity (Wildman–Crippen MR) is 67.1 cm³/mol. The van der Waals surface area contributed by atoms with Crippen LogP contribution in [0.3, 0.4) is 0 Å². The quantitative estimate of drug-likeness (QED) is 0.802. The van der Waals surface area contributed by atoms with Crippen LogP contribution in [0.5, 0.6) is 5.75 Å². The lowest BCUT2D eigenvalue weighted by atomic mass is 10.1. The van der Waals surface area contributed by atoms with Gasteiger partial charge in [0, 0.05) is 13.1 Å². The Labute approximate surface area is 102 Å². The van der Waals surface area contributed by atoms with Crippen molar-refractivity contribution < 1.29 is 9.53 Å². The first-order chi connectivity index (χ1) is 8.25. The van der Waals surface area contributed by atoms with Crippen molar-refractivity contribution in [3.8, 4) is 5.75 Å². The Morgan fingerprint density at radius 3 is 2.76 bits per heavy atom. The Morgan fingerprint density at radius 2 is 2.06 bits per heavy atom. The summed E-state index contributed by atoms with van der Waals surface area (Å²) in [6.07, 6.45) is 3.48. The number of hydrogen-bond donors (Lipinski definition) is 0. The average molecular weight is 233 g/mol. The zero-order valence-electron chi connectivity index (χ0n) is 10.3. The number of piperidine rings is 1. The van der Waals surface area contributed by atoms with E-state index in [1.165, 1.54) is 6.42 Å². The molecule has 1 aliphatic heterocycles. The first-order valence-electron chi connectivity index (χ1n) is 6.23. The van der Waals surface area contributed by atoms with Gasteiger partial charge >= 0.3 is 0 Å². The number of amides is 1. The van der Waals surface area contributed by atoms with E-state index in [9.17, 15) is 4.79 Å². The van der Waals surface area contributed by atoms with Gasteiger partial charge in [-0.1, -0.05) is 12.1 Å². The van der Waals surface area contributed by atoms with Crippen molar-refractivity contribution in [1.29, 1.82) is 0 Å². The van der Waals surface area contributed by atoms with Crippen molar-refractivity contribution in [3.05, 3.63) is 29.8 Å². The van der Waals surface area contributed by atoms with Gasteiger partial charge in [0.1, 0.15) is 5.75 Å². The summed E-state index contributed by atoms with van der Waals surface area (Å²) in [6, 6.07) is 7.79. The van der Waals surface area contributed by atoms with Gasteiger partial charge in [0.25, 0.3) is 5.91 Å². The lowest BCUT2D eigenvalue weighted by Crippen LogP contribution is -2.38. The van der Waals surface area contributed by atoms with Gasteiger partial charge in [-0.3, -0.25) is 4.79 Å². The highest BCUT2D eigenvalue weighted by Gasteiger charge is 2.16. The van der Waals surface area contributed by atoms with Crippen LogP contribution in [-0.4, -0.2) is 30.5 Å². The Balaban J connectivity index is 1.83. The molecule has 0 aromatic heterocycles. The Hall–Kier alpha value is -1.51. The summed E-state index contributed by atoms with van der Waals surface area (Å²) in [6.45, 7) is 3.94. The molecule has 1 aliphatic rings. The second-order valence-electron chi connectivity index (χ2n) is 4.55. The molecule has 3 nitrogen and oxygen atoms in total. The van der Waals surface area contributed by atoms with E-state index < -0.39 is 0 Å². The largest absolute Gasteiger partial charge is 0.484 e. The number of nitrogens with zero attached hydrogens (tertiary/aromatic N) is 1. The average Bonchev–Trinajstić information content (AvgIpc) is 2.37. The summed E-state index contributed by atoms with van der Waals surface area (Å²) in [5.41, 5.74) is 1.15. The van der Waals surface area contributed by atoms with E-state index in [0.29, 0.717) is 0 Å². The molecule has 0 unspecified atom stereocenters. The number of carbonyl (C=O) groups excluding carboxylic acids is 1. The molecule has 1 heterocycles. The predicted octanol–water partition coefficient (Wildman–Crippen LogP) is 2.39. The molecule has 1 fully saturated rings. The molecule has 2 rings (SSSR count). The maximum atomic E-state index is 11.9. The van der Waals surface area contributed by atoms with Crippen molar-refractivity contribution in [1.82, 2.24) is 4.90 Å². The van der Waals surface area contributed by atoms with Crippen molar-refractivity contribution in [2.75, 3.05) is 19.7 Å². The number of hydrogen-bond acceptors (Lipinski definition) is 2. The van der Waals surface area contributed by atoms with Crippen LogP contribution in [0, 0.1) is 6.92 Å². The number of carbonyl (C=O) groups is 1. The highest BCUT2D eigenvalue weighted by atomic mass is 16.5. The van der Waals surface area contributed by atoms with Crippen LogP contribution in [0.2, 0.25) is 0 Å². The highest BCUT2D eigenvalue weighted by molar-refractivity contribution is 5.77. The van der Waals surface area contributed by atoms with Gasteiger partial charge in [-0.2, -0.15) is 0 Å². The third-order valence-corrected chi connectivity index (χ3v) is 3.06. The monoisotopic (exact) mass is 233 g/mol. The Bertz CT molecular complexity index is 384. The van der Waals surface area contributed by atoms with Crippen molar-refractivity contribution in [3.63, 3.8) is 0 Å². The first kappa shape index (κ1) is 12.0. The van der Waals surface area contributed by atoms with Crippen molar-refractivity contribution in [2.45, 2.75) is 26.2 Å². The molecule has 0 spiro atoms. The van der Waals surface area contributed by atoms with Crippen LogP contribution in [0.15, 0.2) is 24.3 Å². The van der Waals surface area contributed by atoms with Gasteiger partial charge in [-0.15, -0.1) is 0 Å². The molecule has 0 atom stereocenters. The minimum atomic E-state index is 0.103. The molecular formula is C14H19NO2. The Morgan fingerprint density at radius 1 is 1.29 bits per heavy atom. The SMILES string of the molecule is Cc1cccc(OCC(=O)N2CCCCC2)c1. The minimum absolute atomic E-state index is 0.103. The third-order valence-electron chi connectivity index (χ3n) is 3.06. The zero-order valence-corrected chi connectivity index (χ0v) is 10.3. The van der Waals surface area contributed by atoms with E-state index >= 15 is 0 Å². The molecule has 0 bridgehead atoms. The van der Waals surface area contributed by atoms with Gasteiger partial charge < -0.3 is 9.64 Å². The number of ether oxygens (including phenoxy) is 1. The summed E-state index contributed by atoms with van der Waals surface area (Å²) in [4.78, 5) is 13.8. The van der Waals surface area contributed by atoms with E-state index in [4.69, 9.17) is 4.74 Å². The number of rotatable bonds is 3. The number of likely N-dealkylation sites (tertiary alicyclic amines) is 1. The fourth-order valence-corrected chi connectivity index (χ4v) is 2.08. The maximum absolute atomic E-state index is 11.9. The standard InChI is InChI=1S/C14H19NO2/c1-12-6-5-7-13(10-12)17-11-14(16)15-8-3-2-4-9-15/h5-7,10H,2-4,8-9,11H2,1H3. The number of aryl methyl sites for hydroxylation is 1. The molecular weight excluding hydrogens is 214 g/mol. The smallest absolute Gasteiger partial charge is 0.260 e. The molecule has 92 valence electrons. The first-order valence-corrected chi connectivity index (χ1v) is 6.23. The molecule has 3 heteroatoms. The van der Waals surface area contributed by atoms with Crippen LogP contribution in [0.4, 0.5) is 0 Å². The van der Waals surface area contributed by atoms with Crippen LogP contribution < -0.4 is 4.74 Å². The van der Waals surface area contributed by atoms with E-state index in [1.807, 2.05) is 36.1 Å². The fraction of sp³-hybridized carbons (Fsp3) is 0.500. The van der Waals surface area contributed by atoms with Gasteiger partial charge in [0.2, 0.25) is 0 Å². The zero-order chi connectivity index (χ0) is 12.1. The van der Waals surface area contributed by atoms with Gasteiger partial charge in [-0.05, 0) is 43.9 Å². The van der Waals surface area contributed by atoms with Crippen molar-refractivity contribution in [2.24, 2.45) is 0 Å². The fourth-order valence-electron chi connectivity index (χ4n) is 2.08. The summed E-state index contributed by atoms with van der Waals surface area (Å²) >= 11 is 0. The van der Waals surface area contributed by atoms with E-state index in [1.54, 1.807) is 0 Å². The summed E-state index contributed by atoms with van der Waals surface area (Å²) < 4.78 is 5.51. The van der Waals surface area contributed by atoms with Gasteiger partial charge in [0.05, 0.1) is 0 Å². The molecule has 17 heavy (non-hydrogen) atoms. The lowest BCUT2D eigenvalue weighted by molar-refractivity contribution is -0.134. The van der Waals surface area contributed by atoms with E-state index in [-0.39, 0.29) is 12.5 Å². The molecule has 0 N–H and O–H groups in total. The number of benzene rings is 1. The molecule has 0 aliphatic carbocycles.